The molecule has 0 saturated carbocycles. The number of ether oxygens (including phenoxy) is 1. The molecule has 0 spiro atoms. The summed E-state index contributed by atoms with van der Waals surface area (Å²) in [6.07, 6.45) is 0. The highest BCUT2D eigenvalue weighted by Crippen LogP contribution is 2.42. The van der Waals surface area contributed by atoms with Crippen molar-refractivity contribution in [3.8, 4) is 5.75 Å². The molecule has 0 radical (unpaired) electrons. The molecule has 3 nitrogen and oxygen atoms in total. The molecule has 0 fully saturated rings. The molecule has 0 bridgehead atoms. The predicted octanol–water partition coefficient (Wildman–Crippen LogP) is 5.51. The maximum atomic E-state index is 14.6. The van der Waals surface area contributed by atoms with Crippen LogP contribution in [0.25, 0.3) is 0 Å². The van der Waals surface area contributed by atoms with E-state index in [2.05, 4.69) is 51.8 Å². The SMILES string of the molecule is COc1ccc([C@@H](C)NP(=O)(c2cc(C)cc(C)c2)c2cc(C)cc(C)c2)cc1. The van der Waals surface area contributed by atoms with Crippen LogP contribution < -0.4 is 20.4 Å². The molecule has 29 heavy (non-hydrogen) atoms. The lowest BCUT2D eigenvalue weighted by Crippen LogP contribution is -2.30. The average molecular weight is 407 g/mol. The van der Waals surface area contributed by atoms with E-state index in [1.807, 2.05) is 48.5 Å². The molecule has 3 rings (SSSR count). The van der Waals surface area contributed by atoms with Crippen LogP contribution in [-0.4, -0.2) is 7.11 Å². The van der Waals surface area contributed by atoms with Crippen molar-refractivity contribution in [2.75, 3.05) is 7.11 Å². The van der Waals surface area contributed by atoms with Crippen LogP contribution in [0.4, 0.5) is 0 Å². The fourth-order valence-corrected chi connectivity index (χ4v) is 6.64. The van der Waals surface area contributed by atoms with Gasteiger partial charge in [0.15, 0.2) is 0 Å². The van der Waals surface area contributed by atoms with E-state index < -0.39 is 7.29 Å². The molecule has 0 unspecified atom stereocenters. The predicted molar refractivity (Wildman–Crippen MR) is 123 cm³/mol. The second-order valence-corrected chi connectivity index (χ2v) is 10.4. The van der Waals surface area contributed by atoms with Crippen molar-refractivity contribution >= 4 is 17.9 Å². The Kier molecular flexibility index (Phi) is 6.31. The van der Waals surface area contributed by atoms with Gasteiger partial charge in [0.1, 0.15) is 5.75 Å². The van der Waals surface area contributed by atoms with Crippen molar-refractivity contribution in [1.29, 1.82) is 0 Å². The Balaban J connectivity index is 2.10. The molecular weight excluding hydrogens is 377 g/mol. The van der Waals surface area contributed by atoms with Gasteiger partial charge in [-0.3, -0.25) is 9.65 Å². The van der Waals surface area contributed by atoms with Crippen LogP contribution in [-0.2, 0) is 4.57 Å². The Morgan fingerprint density at radius 1 is 0.759 bits per heavy atom. The summed E-state index contributed by atoms with van der Waals surface area (Å²) in [6, 6.07) is 20.2. The molecule has 0 aliphatic carbocycles. The number of benzene rings is 3. The van der Waals surface area contributed by atoms with Gasteiger partial charge in [-0.1, -0.05) is 46.5 Å². The number of rotatable bonds is 6. The lowest BCUT2D eigenvalue weighted by molar-refractivity contribution is 0.414. The molecule has 0 saturated heterocycles. The van der Waals surface area contributed by atoms with Gasteiger partial charge in [-0.05, 0) is 76.6 Å². The van der Waals surface area contributed by atoms with Crippen LogP contribution in [0.5, 0.6) is 5.75 Å². The van der Waals surface area contributed by atoms with Gasteiger partial charge in [-0.2, -0.15) is 0 Å². The van der Waals surface area contributed by atoms with Crippen LogP contribution in [0.15, 0.2) is 60.7 Å². The smallest absolute Gasteiger partial charge is 0.205 e. The van der Waals surface area contributed by atoms with E-state index in [4.69, 9.17) is 4.74 Å². The maximum Gasteiger partial charge on any atom is 0.205 e. The molecule has 3 aromatic rings. The van der Waals surface area contributed by atoms with Gasteiger partial charge in [-0.25, -0.2) is 0 Å². The Hall–Kier alpha value is -2.35. The van der Waals surface area contributed by atoms with Crippen molar-refractivity contribution < 1.29 is 9.30 Å². The van der Waals surface area contributed by atoms with Crippen molar-refractivity contribution in [2.45, 2.75) is 40.7 Å². The van der Waals surface area contributed by atoms with Crippen LogP contribution in [0, 0.1) is 27.7 Å². The van der Waals surface area contributed by atoms with Crippen molar-refractivity contribution in [1.82, 2.24) is 5.09 Å². The Labute approximate surface area is 174 Å². The average Bonchev–Trinajstić information content (AvgIpc) is 2.66. The molecule has 0 aliphatic heterocycles. The first-order valence-corrected chi connectivity index (χ1v) is 11.6. The third kappa shape index (κ3) is 4.80. The third-order valence-electron chi connectivity index (χ3n) is 5.13. The Morgan fingerprint density at radius 2 is 1.17 bits per heavy atom. The highest BCUT2D eigenvalue weighted by Gasteiger charge is 2.30. The van der Waals surface area contributed by atoms with Crippen LogP contribution in [0.3, 0.4) is 0 Å². The van der Waals surface area contributed by atoms with E-state index in [0.29, 0.717) is 0 Å². The zero-order chi connectivity index (χ0) is 21.2. The van der Waals surface area contributed by atoms with E-state index in [1.165, 1.54) is 0 Å². The molecule has 0 aliphatic rings. The Morgan fingerprint density at radius 3 is 1.55 bits per heavy atom. The largest absolute Gasteiger partial charge is 0.497 e. The number of hydrogen-bond acceptors (Lipinski definition) is 2. The van der Waals surface area contributed by atoms with E-state index in [1.54, 1.807) is 7.11 Å². The molecule has 4 heteroatoms. The first-order valence-electron chi connectivity index (χ1n) is 9.91. The maximum absolute atomic E-state index is 14.6. The quantitative estimate of drug-likeness (QED) is 0.548. The minimum atomic E-state index is -3.05. The van der Waals surface area contributed by atoms with Gasteiger partial charge >= 0.3 is 0 Å². The molecule has 1 N–H and O–H groups in total. The zero-order valence-electron chi connectivity index (χ0n) is 18.1. The first kappa shape index (κ1) is 21.4. The summed E-state index contributed by atoms with van der Waals surface area (Å²) in [5, 5.41) is 5.20. The topological polar surface area (TPSA) is 38.3 Å². The van der Waals surface area contributed by atoms with Crippen LogP contribution >= 0.6 is 7.29 Å². The fraction of sp³-hybridized carbons (Fsp3) is 0.280. The molecule has 0 heterocycles. The van der Waals surface area contributed by atoms with Gasteiger partial charge in [0.25, 0.3) is 0 Å². The van der Waals surface area contributed by atoms with Crippen molar-refractivity contribution in [3.63, 3.8) is 0 Å². The number of nitrogens with one attached hydrogen (secondary N) is 1. The zero-order valence-corrected chi connectivity index (χ0v) is 19.0. The minimum absolute atomic E-state index is 0.0895. The highest BCUT2D eigenvalue weighted by atomic mass is 31.2. The van der Waals surface area contributed by atoms with Gasteiger partial charge in [0.2, 0.25) is 7.29 Å². The standard InChI is InChI=1S/C25H30NO2P/c1-17-11-18(2)14-24(13-17)29(27,25-15-19(3)12-20(4)16-25)26-21(5)22-7-9-23(28-6)10-8-22/h7-16,21H,1-6H3,(H,26,27)/t21-/m1/s1. The Bertz CT molecular complexity index is 961. The van der Waals surface area contributed by atoms with Gasteiger partial charge in [-0.15, -0.1) is 0 Å². The molecule has 1 atom stereocenters. The summed E-state index contributed by atoms with van der Waals surface area (Å²) in [4.78, 5) is 0. The highest BCUT2D eigenvalue weighted by molar-refractivity contribution is 7.76. The third-order valence-corrected chi connectivity index (χ3v) is 7.85. The summed E-state index contributed by atoms with van der Waals surface area (Å²) >= 11 is 0. The number of methoxy groups -OCH3 is 1. The lowest BCUT2D eigenvalue weighted by Gasteiger charge is -2.26. The van der Waals surface area contributed by atoms with Gasteiger partial charge in [0.05, 0.1) is 7.11 Å². The van der Waals surface area contributed by atoms with E-state index >= 15 is 0 Å². The summed E-state index contributed by atoms with van der Waals surface area (Å²) < 4.78 is 19.9. The fourth-order valence-electron chi connectivity index (χ4n) is 3.80. The summed E-state index contributed by atoms with van der Waals surface area (Å²) in [7, 11) is -1.40. The van der Waals surface area contributed by atoms with Gasteiger partial charge in [0, 0.05) is 16.7 Å². The summed E-state index contributed by atoms with van der Waals surface area (Å²) in [5.41, 5.74) is 5.53. The van der Waals surface area contributed by atoms with Crippen molar-refractivity contribution in [2.24, 2.45) is 0 Å². The number of hydrogen-bond donors (Lipinski definition) is 1. The summed E-state index contributed by atoms with van der Waals surface area (Å²) in [6.45, 7) is 10.3. The van der Waals surface area contributed by atoms with E-state index in [0.717, 1.165) is 44.2 Å². The van der Waals surface area contributed by atoms with Gasteiger partial charge < -0.3 is 4.74 Å². The van der Waals surface area contributed by atoms with Crippen LogP contribution in [0.1, 0.15) is 40.8 Å². The first-order chi connectivity index (χ1) is 13.7. The molecule has 0 aromatic heterocycles. The second-order valence-electron chi connectivity index (χ2n) is 7.93. The van der Waals surface area contributed by atoms with Crippen LogP contribution in [0.2, 0.25) is 0 Å². The lowest BCUT2D eigenvalue weighted by atomic mass is 10.1. The van der Waals surface area contributed by atoms with E-state index in [-0.39, 0.29) is 6.04 Å². The molecule has 0 amide bonds. The second kappa shape index (κ2) is 8.57. The monoisotopic (exact) mass is 407 g/mol. The molecule has 3 aromatic carbocycles. The number of aryl methyl sites for hydroxylation is 4. The summed E-state index contributed by atoms with van der Waals surface area (Å²) in [5.74, 6) is 0.813. The minimum Gasteiger partial charge on any atom is -0.497 e. The van der Waals surface area contributed by atoms with Crippen molar-refractivity contribution in [3.05, 3.63) is 88.5 Å². The van der Waals surface area contributed by atoms with E-state index in [9.17, 15) is 4.57 Å². The molecular formula is C25H30NO2P. The molecule has 152 valence electrons. The normalized spacial score (nSPS) is 12.6.